The van der Waals surface area contributed by atoms with Crippen LogP contribution in [0.25, 0.3) is 6.08 Å². The highest BCUT2D eigenvalue weighted by atomic mass is 19.1. The van der Waals surface area contributed by atoms with E-state index in [9.17, 15) is 14.0 Å². The zero-order valence-corrected chi connectivity index (χ0v) is 13.1. The number of hydrogen-bond acceptors (Lipinski definition) is 4. The van der Waals surface area contributed by atoms with Crippen LogP contribution in [0.5, 0.6) is 5.75 Å². The third-order valence-electron chi connectivity index (χ3n) is 3.53. The minimum atomic E-state index is -0.586. The van der Waals surface area contributed by atoms with Crippen LogP contribution in [0, 0.1) is 5.82 Å². The molecule has 3 N–H and O–H groups in total. The predicted molar refractivity (Wildman–Crippen MR) is 89.3 cm³/mol. The Bertz CT molecular complexity index is 864. The number of hydrogen-bond donors (Lipinski definition) is 2. The molecule has 25 heavy (non-hydrogen) atoms. The first-order valence-corrected chi connectivity index (χ1v) is 7.45. The average Bonchev–Trinajstić information content (AvgIpc) is 2.59. The highest BCUT2D eigenvalue weighted by molar-refractivity contribution is 6.03. The van der Waals surface area contributed by atoms with Crippen LogP contribution in [0.15, 0.2) is 42.5 Å². The van der Waals surface area contributed by atoms with Crippen LogP contribution in [-0.2, 0) is 16.1 Å². The van der Waals surface area contributed by atoms with Crippen LogP contribution in [0.3, 0.4) is 0 Å². The Labute approximate surface area is 143 Å². The van der Waals surface area contributed by atoms with Gasteiger partial charge in [-0.25, -0.2) is 4.39 Å². The van der Waals surface area contributed by atoms with Crippen molar-refractivity contribution in [3.8, 4) is 5.75 Å². The summed E-state index contributed by atoms with van der Waals surface area (Å²) in [6, 6.07) is 8.87. The maximum Gasteiger partial charge on any atom is 0.248 e. The number of amides is 2. The fraction of sp³-hybridized carbons (Fsp3) is 0.111. The van der Waals surface area contributed by atoms with E-state index >= 15 is 0 Å². The molecule has 3 rings (SSSR count). The first-order chi connectivity index (χ1) is 12.0. The summed E-state index contributed by atoms with van der Waals surface area (Å²) >= 11 is 0. The number of nitrogens with one attached hydrogen (secondary N) is 1. The van der Waals surface area contributed by atoms with Gasteiger partial charge in [-0.1, -0.05) is 6.07 Å². The Hall–Kier alpha value is -3.19. The Morgan fingerprint density at radius 1 is 1.24 bits per heavy atom. The second-order valence-electron chi connectivity index (χ2n) is 5.36. The Balaban J connectivity index is 1.76. The van der Waals surface area contributed by atoms with E-state index in [4.69, 9.17) is 15.2 Å². The zero-order valence-electron chi connectivity index (χ0n) is 13.1. The molecule has 1 heterocycles. The van der Waals surface area contributed by atoms with Crippen molar-refractivity contribution in [3.63, 3.8) is 0 Å². The van der Waals surface area contributed by atoms with Crippen LogP contribution in [-0.4, -0.2) is 18.6 Å². The van der Waals surface area contributed by atoms with Crippen LogP contribution < -0.4 is 15.8 Å². The van der Waals surface area contributed by atoms with Gasteiger partial charge in [-0.3, -0.25) is 9.59 Å². The van der Waals surface area contributed by atoms with E-state index < -0.39 is 17.6 Å². The summed E-state index contributed by atoms with van der Waals surface area (Å²) in [5.41, 5.74) is 6.94. The highest BCUT2D eigenvalue weighted by Crippen LogP contribution is 2.30. The molecule has 0 bridgehead atoms. The smallest absolute Gasteiger partial charge is 0.248 e. The quantitative estimate of drug-likeness (QED) is 0.835. The van der Waals surface area contributed by atoms with Crippen LogP contribution in [0.2, 0.25) is 0 Å². The number of carbonyl (C=O) groups excluding carboxylic acids is 2. The summed E-state index contributed by atoms with van der Waals surface area (Å²) in [5, 5.41) is 2.61. The molecule has 128 valence electrons. The number of rotatable bonds is 4. The lowest BCUT2D eigenvalue weighted by molar-refractivity contribution is -0.111. The summed E-state index contributed by atoms with van der Waals surface area (Å²) in [7, 11) is 0. The third kappa shape index (κ3) is 4.02. The lowest BCUT2D eigenvalue weighted by Gasteiger charge is -2.19. The van der Waals surface area contributed by atoms with Crippen LogP contribution in [0.1, 0.15) is 21.5 Å². The topological polar surface area (TPSA) is 90.7 Å². The Morgan fingerprint density at radius 3 is 2.88 bits per heavy atom. The van der Waals surface area contributed by atoms with Gasteiger partial charge in [0.25, 0.3) is 0 Å². The number of halogens is 1. The van der Waals surface area contributed by atoms with E-state index in [1.807, 2.05) is 0 Å². The summed E-state index contributed by atoms with van der Waals surface area (Å²) in [6.07, 6.45) is 2.71. The van der Waals surface area contributed by atoms with Crippen molar-refractivity contribution in [2.75, 3.05) is 12.1 Å². The molecule has 0 radical (unpaired) electrons. The van der Waals surface area contributed by atoms with Gasteiger partial charge < -0.3 is 20.5 Å². The number of primary amides is 1. The largest absolute Gasteiger partial charge is 0.467 e. The molecule has 0 aromatic heterocycles. The minimum absolute atomic E-state index is 0.0750. The van der Waals surface area contributed by atoms with Gasteiger partial charge in [0, 0.05) is 28.5 Å². The first-order valence-electron chi connectivity index (χ1n) is 7.45. The van der Waals surface area contributed by atoms with Gasteiger partial charge in [0.1, 0.15) is 11.6 Å². The lowest BCUT2D eigenvalue weighted by atomic mass is 10.1. The highest BCUT2D eigenvalue weighted by Gasteiger charge is 2.15. The fourth-order valence-corrected chi connectivity index (χ4v) is 2.43. The van der Waals surface area contributed by atoms with Gasteiger partial charge in [0.05, 0.1) is 6.61 Å². The van der Waals surface area contributed by atoms with Crippen molar-refractivity contribution in [1.82, 2.24) is 0 Å². The van der Waals surface area contributed by atoms with E-state index in [-0.39, 0.29) is 19.0 Å². The molecule has 7 heteroatoms. The Kier molecular flexibility index (Phi) is 4.76. The molecule has 0 unspecified atom stereocenters. The summed E-state index contributed by atoms with van der Waals surface area (Å²) in [5.74, 6) is -0.974. The maximum absolute atomic E-state index is 13.7. The second-order valence-corrected chi connectivity index (χ2v) is 5.36. The number of carbonyl (C=O) groups is 2. The molecule has 0 aliphatic carbocycles. The third-order valence-corrected chi connectivity index (χ3v) is 3.53. The maximum atomic E-state index is 13.7. The fourth-order valence-electron chi connectivity index (χ4n) is 2.43. The molecule has 0 saturated heterocycles. The normalized spacial score (nSPS) is 13.2. The SMILES string of the molecule is NC(=O)c1cccc(NC(=O)C=Cc2cc(F)cc3c2OCOC3)c1. The summed E-state index contributed by atoms with van der Waals surface area (Å²) in [6.45, 7) is 0.325. The van der Waals surface area contributed by atoms with Crippen molar-refractivity contribution in [3.05, 3.63) is 65.0 Å². The molecule has 0 fully saturated rings. The van der Waals surface area contributed by atoms with E-state index in [1.165, 1.54) is 30.4 Å². The molecule has 2 amide bonds. The minimum Gasteiger partial charge on any atom is -0.467 e. The Morgan fingerprint density at radius 2 is 2.08 bits per heavy atom. The van der Waals surface area contributed by atoms with E-state index in [0.717, 1.165) is 0 Å². The van der Waals surface area contributed by atoms with E-state index in [1.54, 1.807) is 18.2 Å². The van der Waals surface area contributed by atoms with Crippen molar-refractivity contribution >= 4 is 23.6 Å². The summed E-state index contributed by atoms with van der Waals surface area (Å²) < 4.78 is 24.1. The number of ether oxygens (including phenoxy) is 2. The zero-order chi connectivity index (χ0) is 17.8. The second kappa shape index (κ2) is 7.14. The van der Waals surface area contributed by atoms with Crippen molar-refractivity contribution < 1.29 is 23.5 Å². The monoisotopic (exact) mass is 342 g/mol. The van der Waals surface area contributed by atoms with Gasteiger partial charge in [0.15, 0.2) is 6.79 Å². The average molecular weight is 342 g/mol. The molecule has 0 atom stereocenters. The molecule has 0 saturated carbocycles. The van der Waals surface area contributed by atoms with Gasteiger partial charge in [0.2, 0.25) is 11.8 Å². The standard InChI is InChI=1S/C18H15FN2O4/c19-14-6-11(17-13(7-14)9-24-10-25-17)4-5-16(22)21-15-3-1-2-12(8-15)18(20)23/h1-8H,9-10H2,(H2,20,23)(H,21,22). The molecule has 0 spiro atoms. The lowest BCUT2D eigenvalue weighted by Crippen LogP contribution is -2.13. The molecule has 2 aromatic carbocycles. The van der Waals surface area contributed by atoms with Crippen LogP contribution in [0.4, 0.5) is 10.1 Å². The van der Waals surface area contributed by atoms with Gasteiger partial charge >= 0.3 is 0 Å². The molecular weight excluding hydrogens is 327 g/mol. The first kappa shape index (κ1) is 16.7. The van der Waals surface area contributed by atoms with Gasteiger partial charge in [-0.05, 0) is 36.4 Å². The number of nitrogens with two attached hydrogens (primary N) is 1. The predicted octanol–water partition coefficient (Wildman–Crippen LogP) is 2.44. The molecule has 6 nitrogen and oxygen atoms in total. The molecule has 1 aliphatic rings. The summed E-state index contributed by atoms with van der Waals surface area (Å²) in [4.78, 5) is 23.2. The number of anilines is 1. The number of benzene rings is 2. The van der Waals surface area contributed by atoms with Gasteiger partial charge in [-0.15, -0.1) is 0 Å². The van der Waals surface area contributed by atoms with Crippen molar-refractivity contribution in [2.24, 2.45) is 5.73 Å². The molecular formula is C18H15FN2O4. The number of fused-ring (bicyclic) bond motifs is 1. The molecule has 1 aliphatic heterocycles. The van der Waals surface area contributed by atoms with E-state index in [2.05, 4.69) is 5.32 Å². The van der Waals surface area contributed by atoms with E-state index in [0.29, 0.717) is 22.6 Å². The van der Waals surface area contributed by atoms with Gasteiger partial charge in [-0.2, -0.15) is 0 Å². The van der Waals surface area contributed by atoms with Crippen molar-refractivity contribution in [2.45, 2.75) is 6.61 Å². The van der Waals surface area contributed by atoms with Crippen molar-refractivity contribution in [1.29, 1.82) is 0 Å². The molecule has 2 aromatic rings. The van der Waals surface area contributed by atoms with Crippen LogP contribution >= 0.6 is 0 Å².